The van der Waals surface area contributed by atoms with Crippen LogP contribution < -0.4 is 5.73 Å². The van der Waals surface area contributed by atoms with Crippen molar-refractivity contribution in [2.45, 2.75) is 12.8 Å². The summed E-state index contributed by atoms with van der Waals surface area (Å²) in [4.78, 5) is 16.4. The molecule has 20 heavy (non-hydrogen) atoms. The highest BCUT2D eigenvalue weighted by Crippen LogP contribution is 2.12. The minimum atomic E-state index is -0.443. The predicted molar refractivity (Wildman–Crippen MR) is 77.0 cm³/mol. The molecule has 1 aromatic carbocycles. The number of halogens is 1. The molecule has 1 aromatic rings. The van der Waals surface area contributed by atoms with Crippen LogP contribution >= 0.6 is 0 Å². The lowest BCUT2D eigenvalue weighted by molar-refractivity contribution is 0.0756. The van der Waals surface area contributed by atoms with Crippen LogP contribution in [0.3, 0.4) is 0 Å². The van der Waals surface area contributed by atoms with E-state index < -0.39 is 5.82 Å². The average molecular weight is 279 g/mol. The maximum atomic E-state index is 13.7. The van der Waals surface area contributed by atoms with E-state index in [1.165, 1.54) is 6.07 Å². The lowest BCUT2D eigenvalue weighted by Crippen LogP contribution is -2.36. The van der Waals surface area contributed by atoms with Crippen LogP contribution in [-0.4, -0.2) is 55.0 Å². The highest BCUT2D eigenvalue weighted by molar-refractivity contribution is 5.94. The molecule has 1 heterocycles. The third kappa shape index (κ3) is 3.77. The number of carbonyl (C=O) groups is 1. The molecular formula is C15H22FN3O. The summed E-state index contributed by atoms with van der Waals surface area (Å²) in [6.45, 7) is 4.80. The van der Waals surface area contributed by atoms with Gasteiger partial charge in [-0.1, -0.05) is 12.1 Å². The van der Waals surface area contributed by atoms with Gasteiger partial charge in [0, 0.05) is 19.6 Å². The van der Waals surface area contributed by atoms with Gasteiger partial charge in [0.25, 0.3) is 5.91 Å². The minimum Gasteiger partial charge on any atom is -0.337 e. The summed E-state index contributed by atoms with van der Waals surface area (Å²) in [5, 5.41) is 0. The van der Waals surface area contributed by atoms with E-state index in [1.807, 2.05) is 0 Å². The van der Waals surface area contributed by atoms with Crippen molar-refractivity contribution in [1.82, 2.24) is 9.80 Å². The highest BCUT2D eigenvalue weighted by Gasteiger charge is 2.21. The second kappa shape index (κ2) is 7.36. The van der Waals surface area contributed by atoms with Crippen molar-refractivity contribution in [3.8, 4) is 0 Å². The van der Waals surface area contributed by atoms with Crippen molar-refractivity contribution < 1.29 is 9.18 Å². The first-order valence-corrected chi connectivity index (χ1v) is 7.18. The Labute approximate surface area is 119 Å². The number of amides is 1. The Kier molecular flexibility index (Phi) is 5.49. The number of nitrogens with zero attached hydrogens (tertiary/aromatic N) is 2. The molecule has 0 bridgehead atoms. The molecule has 2 N–H and O–H groups in total. The van der Waals surface area contributed by atoms with Crippen molar-refractivity contribution in [2.24, 2.45) is 5.73 Å². The SMILES string of the molecule is NCCCN1CCCN(C(=O)c2ccccc2F)CC1. The van der Waals surface area contributed by atoms with Gasteiger partial charge < -0.3 is 15.5 Å². The molecule has 0 unspecified atom stereocenters. The fraction of sp³-hybridized carbons (Fsp3) is 0.533. The number of nitrogens with two attached hydrogens (primary N) is 1. The van der Waals surface area contributed by atoms with Crippen molar-refractivity contribution >= 4 is 5.91 Å². The van der Waals surface area contributed by atoms with Crippen LogP contribution in [0.15, 0.2) is 24.3 Å². The highest BCUT2D eigenvalue weighted by atomic mass is 19.1. The molecule has 2 rings (SSSR count). The second-order valence-electron chi connectivity index (χ2n) is 5.11. The Morgan fingerprint density at radius 3 is 2.75 bits per heavy atom. The molecule has 0 aliphatic carbocycles. The molecule has 1 aliphatic rings. The van der Waals surface area contributed by atoms with E-state index in [0.717, 1.165) is 32.5 Å². The van der Waals surface area contributed by atoms with E-state index in [1.54, 1.807) is 23.1 Å². The Hall–Kier alpha value is -1.46. The quantitative estimate of drug-likeness (QED) is 0.904. The van der Waals surface area contributed by atoms with E-state index >= 15 is 0 Å². The van der Waals surface area contributed by atoms with Crippen LogP contribution in [0.5, 0.6) is 0 Å². The molecule has 1 fully saturated rings. The summed E-state index contributed by atoms with van der Waals surface area (Å²) < 4.78 is 13.7. The molecule has 1 amide bonds. The van der Waals surface area contributed by atoms with Crippen LogP contribution in [0, 0.1) is 5.82 Å². The van der Waals surface area contributed by atoms with Gasteiger partial charge in [-0.2, -0.15) is 0 Å². The predicted octanol–water partition coefficient (Wildman–Crippen LogP) is 1.32. The van der Waals surface area contributed by atoms with Crippen molar-refractivity contribution in [3.05, 3.63) is 35.6 Å². The summed E-state index contributed by atoms with van der Waals surface area (Å²) in [5.74, 6) is -0.648. The first kappa shape index (κ1) is 14.9. The summed E-state index contributed by atoms with van der Waals surface area (Å²) in [6, 6.07) is 6.18. The number of rotatable bonds is 4. The minimum absolute atomic E-state index is 0.169. The van der Waals surface area contributed by atoms with Crippen LogP contribution in [-0.2, 0) is 0 Å². The van der Waals surface area contributed by atoms with Crippen molar-refractivity contribution in [3.63, 3.8) is 0 Å². The number of hydrogen-bond acceptors (Lipinski definition) is 3. The number of hydrogen-bond donors (Lipinski definition) is 1. The molecule has 0 atom stereocenters. The van der Waals surface area contributed by atoms with E-state index in [0.29, 0.717) is 19.6 Å². The number of benzene rings is 1. The molecule has 1 saturated heterocycles. The van der Waals surface area contributed by atoms with Gasteiger partial charge in [0.05, 0.1) is 5.56 Å². The lowest BCUT2D eigenvalue weighted by atomic mass is 10.2. The largest absolute Gasteiger partial charge is 0.337 e. The number of carbonyl (C=O) groups excluding carboxylic acids is 1. The van der Waals surface area contributed by atoms with Gasteiger partial charge >= 0.3 is 0 Å². The Bertz CT molecular complexity index is 452. The van der Waals surface area contributed by atoms with Gasteiger partial charge in [-0.3, -0.25) is 4.79 Å². The smallest absolute Gasteiger partial charge is 0.256 e. The van der Waals surface area contributed by atoms with Crippen LogP contribution in [0.25, 0.3) is 0 Å². The molecule has 0 aromatic heterocycles. The van der Waals surface area contributed by atoms with Gasteiger partial charge in [-0.25, -0.2) is 4.39 Å². The summed E-state index contributed by atoms with van der Waals surface area (Å²) in [6.07, 6.45) is 1.89. The molecule has 5 heteroatoms. The molecule has 1 aliphatic heterocycles. The molecular weight excluding hydrogens is 257 g/mol. The van der Waals surface area contributed by atoms with E-state index in [9.17, 15) is 9.18 Å². The normalized spacial score (nSPS) is 17.0. The monoisotopic (exact) mass is 279 g/mol. The molecule has 0 spiro atoms. The van der Waals surface area contributed by atoms with Crippen LogP contribution in [0.1, 0.15) is 23.2 Å². The van der Waals surface area contributed by atoms with Crippen molar-refractivity contribution in [2.75, 3.05) is 39.3 Å². The van der Waals surface area contributed by atoms with Gasteiger partial charge in [0.15, 0.2) is 0 Å². The van der Waals surface area contributed by atoms with E-state index in [4.69, 9.17) is 5.73 Å². The van der Waals surface area contributed by atoms with Gasteiger partial charge in [0.1, 0.15) is 5.82 Å². The fourth-order valence-electron chi connectivity index (χ4n) is 2.52. The zero-order valence-corrected chi connectivity index (χ0v) is 11.7. The molecule has 4 nitrogen and oxygen atoms in total. The molecule has 110 valence electrons. The molecule has 0 radical (unpaired) electrons. The first-order valence-electron chi connectivity index (χ1n) is 7.18. The second-order valence-corrected chi connectivity index (χ2v) is 5.11. The average Bonchev–Trinajstić information content (AvgIpc) is 2.70. The van der Waals surface area contributed by atoms with E-state index in [2.05, 4.69) is 4.90 Å². The Morgan fingerprint density at radius 2 is 2.00 bits per heavy atom. The van der Waals surface area contributed by atoms with Crippen LogP contribution in [0.2, 0.25) is 0 Å². The maximum Gasteiger partial charge on any atom is 0.256 e. The summed E-state index contributed by atoms with van der Waals surface area (Å²) in [7, 11) is 0. The Balaban J connectivity index is 1.96. The zero-order valence-electron chi connectivity index (χ0n) is 11.7. The molecule has 0 saturated carbocycles. The zero-order chi connectivity index (χ0) is 14.4. The Morgan fingerprint density at radius 1 is 1.20 bits per heavy atom. The third-order valence-electron chi connectivity index (χ3n) is 3.66. The maximum absolute atomic E-state index is 13.7. The van der Waals surface area contributed by atoms with Gasteiger partial charge in [-0.05, 0) is 44.6 Å². The summed E-state index contributed by atoms with van der Waals surface area (Å²) >= 11 is 0. The lowest BCUT2D eigenvalue weighted by Gasteiger charge is -2.22. The standard InChI is InChI=1S/C15H22FN3O/c16-14-6-2-1-5-13(14)15(20)19-10-4-9-18(11-12-19)8-3-7-17/h1-2,5-6H,3-4,7-12,17H2. The summed E-state index contributed by atoms with van der Waals surface area (Å²) in [5.41, 5.74) is 5.69. The third-order valence-corrected chi connectivity index (χ3v) is 3.66. The van der Waals surface area contributed by atoms with Gasteiger partial charge in [0.2, 0.25) is 0 Å². The van der Waals surface area contributed by atoms with Gasteiger partial charge in [-0.15, -0.1) is 0 Å². The fourth-order valence-corrected chi connectivity index (χ4v) is 2.52. The van der Waals surface area contributed by atoms with E-state index in [-0.39, 0.29) is 11.5 Å². The first-order chi connectivity index (χ1) is 9.72. The van der Waals surface area contributed by atoms with Crippen molar-refractivity contribution in [1.29, 1.82) is 0 Å². The topological polar surface area (TPSA) is 49.6 Å². The van der Waals surface area contributed by atoms with Crippen LogP contribution in [0.4, 0.5) is 4.39 Å².